The van der Waals surface area contributed by atoms with E-state index in [1.165, 1.54) is 6.42 Å². The molecule has 0 heterocycles. The smallest absolute Gasteiger partial charge is 0.242 e. The van der Waals surface area contributed by atoms with Gasteiger partial charge in [-0.3, -0.25) is 9.59 Å². The molecular formula is C27H35ClN2O4. The molecule has 1 aliphatic rings. The summed E-state index contributed by atoms with van der Waals surface area (Å²) < 4.78 is 10.7. The highest BCUT2D eigenvalue weighted by atomic mass is 35.5. The number of carbonyl (C=O) groups excluding carboxylic acids is 2. The summed E-state index contributed by atoms with van der Waals surface area (Å²) in [5.41, 5.74) is 1.86. The first kappa shape index (κ1) is 25.9. The maximum Gasteiger partial charge on any atom is 0.242 e. The lowest BCUT2D eigenvalue weighted by Crippen LogP contribution is -2.50. The van der Waals surface area contributed by atoms with E-state index < -0.39 is 6.04 Å². The molecule has 3 rings (SSSR count). The molecule has 2 aromatic carbocycles. The van der Waals surface area contributed by atoms with E-state index in [4.69, 9.17) is 21.1 Å². The monoisotopic (exact) mass is 486 g/mol. The normalized spacial score (nSPS) is 14.8. The Kier molecular flexibility index (Phi) is 9.63. The van der Waals surface area contributed by atoms with Crippen LogP contribution in [0.5, 0.6) is 11.5 Å². The van der Waals surface area contributed by atoms with E-state index in [1.807, 2.05) is 36.4 Å². The van der Waals surface area contributed by atoms with Crippen LogP contribution in [-0.4, -0.2) is 43.0 Å². The van der Waals surface area contributed by atoms with Crippen LogP contribution < -0.4 is 14.8 Å². The zero-order valence-corrected chi connectivity index (χ0v) is 21.1. The fourth-order valence-corrected chi connectivity index (χ4v) is 4.63. The van der Waals surface area contributed by atoms with E-state index in [1.54, 1.807) is 32.1 Å². The lowest BCUT2D eigenvalue weighted by Gasteiger charge is -2.31. The highest BCUT2D eigenvalue weighted by Crippen LogP contribution is 2.28. The van der Waals surface area contributed by atoms with Crippen LogP contribution in [-0.2, 0) is 22.6 Å². The van der Waals surface area contributed by atoms with E-state index in [9.17, 15) is 9.59 Å². The highest BCUT2D eigenvalue weighted by molar-refractivity contribution is 6.30. The number of carbonyl (C=O) groups is 2. The highest BCUT2D eigenvalue weighted by Gasteiger charge is 2.28. The largest absolute Gasteiger partial charge is 0.493 e. The summed E-state index contributed by atoms with van der Waals surface area (Å²) in [5, 5.41) is 3.77. The minimum Gasteiger partial charge on any atom is -0.493 e. The molecule has 6 nitrogen and oxygen atoms in total. The van der Waals surface area contributed by atoms with Crippen molar-refractivity contribution in [1.82, 2.24) is 10.2 Å². The Balaban J connectivity index is 1.72. The molecule has 0 aliphatic heterocycles. The maximum absolute atomic E-state index is 13.4. The third-order valence-electron chi connectivity index (χ3n) is 6.44. The molecule has 0 spiro atoms. The van der Waals surface area contributed by atoms with Crippen LogP contribution in [0.3, 0.4) is 0 Å². The number of aryl methyl sites for hydroxylation is 1. The number of nitrogens with one attached hydrogen (secondary N) is 1. The van der Waals surface area contributed by atoms with Crippen LogP contribution in [0.4, 0.5) is 0 Å². The first-order valence-corrected chi connectivity index (χ1v) is 12.3. The van der Waals surface area contributed by atoms with Crippen LogP contribution in [0.15, 0.2) is 42.5 Å². The van der Waals surface area contributed by atoms with E-state index in [-0.39, 0.29) is 24.3 Å². The zero-order chi connectivity index (χ0) is 24.5. The van der Waals surface area contributed by atoms with Crippen molar-refractivity contribution in [1.29, 1.82) is 0 Å². The molecule has 0 saturated heterocycles. The quantitative estimate of drug-likeness (QED) is 0.504. The third-order valence-corrected chi connectivity index (χ3v) is 6.67. The van der Waals surface area contributed by atoms with Gasteiger partial charge in [0.25, 0.3) is 0 Å². The van der Waals surface area contributed by atoms with Crippen molar-refractivity contribution in [2.24, 2.45) is 0 Å². The van der Waals surface area contributed by atoms with Crippen molar-refractivity contribution in [3.63, 3.8) is 0 Å². The van der Waals surface area contributed by atoms with Crippen molar-refractivity contribution >= 4 is 23.4 Å². The Hall–Kier alpha value is -2.73. The van der Waals surface area contributed by atoms with Crippen molar-refractivity contribution < 1.29 is 19.1 Å². The number of methoxy groups -OCH3 is 2. The minimum atomic E-state index is -0.584. The zero-order valence-electron chi connectivity index (χ0n) is 20.3. The Morgan fingerprint density at radius 2 is 1.76 bits per heavy atom. The second-order valence-electron chi connectivity index (χ2n) is 8.86. The van der Waals surface area contributed by atoms with Gasteiger partial charge < -0.3 is 19.7 Å². The van der Waals surface area contributed by atoms with E-state index in [0.717, 1.165) is 36.8 Å². The van der Waals surface area contributed by atoms with Gasteiger partial charge in [0.15, 0.2) is 11.5 Å². The standard InChI is InChI=1S/C27H35ClN2O4/c1-19(27(32)29-23-10-5-4-6-11-23)30(18-21-8-7-9-22(28)16-21)26(31)15-13-20-12-14-24(33-2)25(17-20)34-3/h7-9,12,14,16-17,19,23H,4-6,10-11,13,15,18H2,1-3H3,(H,29,32). The van der Waals surface area contributed by atoms with Gasteiger partial charge in [0, 0.05) is 24.0 Å². The number of ether oxygens (including phenoxy) is 2. The Bertz CT molecular complexity index is 975. The Labute approximate surface area is 207 Å². The molecule has 184 valence electrons. The maximum atomic E-state index is 13.4. The second kappa shape index (κ2) is 12.7. The second-order valence-corrected chi connectivity index (χ2v) is 9.30. The molecule has 0 radical (unpaired) electrons. The van der Waals surface area contributed by atoms with Gasteiger partial charge in [-0.25, -0.2) is 0 Å². The number of benzene rings is 2. The molecule has 0 aromatic heterocycles. The molecule has 2 amide bonds. The molecule has 1 N–H and O–H groups in total. The molecule has 2 aromatic rings. The Morgan fingerprint density at radius 1 is 1.03 bits per heavy atom. The number of hydrogen-bond donors (Lipinski definition) is 1. The molecule has 1 fully saturated rings. The van der Waals surface area contributed by atoms with Gasteiger partial charge in [-0.1, -0.05) is 49.1 Å². The summed E-state index contributed by atoms with van der Waals surface area (Å²) in [7, 11) is 3.18. The number of rotatable bonds is 10. The van der Waals surface area contributed by atoms with Gasteiger partial charge >= 0.3 is 0 Å². The van der Waals surface area contributed by atoms with Crippen LogP contribution in [0.25, 0.3) is 0 Å². The summed E-state index contributed by atoms with van der Waals surface area (Å²) in [6.45, 7) is 2.13. The summed E-state index contributed by atoms with van der Waals surface area (Å²) in [6.07, 6.45) is 6.29. The van der Waals surface area contributed by atoms with E-state index in [2.05, 4.69) is 5.32 Å². The lowest BCUT2D eigenvalue weighted by atomic mass is 9.95. The van der Waals surface area contributed by atoms with Gasteiger partial charge in [0.2, 0.25) is 11.8 Å². The molecule has 34 heavy (non-hydrogen) atoms. The number of nitrogens with zero attached hydrogens (tertiary/aromatic N) is 1. The molecule has 7 heteroatoms. The summed E-state index contributed by atoms with van der Waals surface area (Å²) in [6, 6.07) is 12.7. The van der Waals surface area contributed by atoms with Crippen molar-refractivity contribution in [3.8, 4) is 11.5 Å². The minimum absolute atomic E-state index is 0.0824. The predicted molar refractivity (Wildman–Crippen MR) is 134 cm³/mol. The summed E-state index contributed by atoms with van der Waals surface area (Å²) >= 11 is 6.17. The van der Waals surface area contributed by atoms with Crippen LogP contribution in [0.1, 0.15) is 56.6 Å². The Morgan fingerprint density at radius 3 is 2.44 bits per heavy atom. The predicted octanol–water partition coefficient (Wildman–Crippen LogP) is 5.16. The van der Waals surface area contributed by atoms with Crippen LogP contribution in [0.2, 0.25) is 5.02 Å². The molecular weight excluding hydrogens is 452 g/mol. The molecule has 1 unspecified atom stereocenters. The fraction of sp³-hybridized carbons (Fsp3) is 0.481. The molecule has 0 bridgehead atoms. The lowest BCUT2D eigenvalue weighted by molar-refractivity contribution is -0.141. The van der Waals surface area contributed by atoms with E-state index >= 15 is 0 Å². The van der Waals surface area contributed by atoms with Crippen molar-refractivity contribution in [2.75, 3.05) is 14.2 Å². The topological polar surface area (TPSA) is 67.9 Å². The van der Waals surface area contributed by atoms with E-state index in [0.29, 0.717) is 29.5 Å². The average molecular weight is 487 g/mol. The molecule has 1 atom stereocenters. The van der Waals surface area contributed by atoms with Gasteiger partial charge in [0.05, 0.1) is 14.2 Å². The van der Waals surface area contributed by atoms with Crippen LogP contribution in [0, 0.1) is 0 Å². The molecule has 1 saturated carbocycles. The third kappa shape index (κ3) is 7.13. The van der Waals surface area contributed by atoms with Gasteiger partial charge in [-0.15, -0.1) is 0 Å². The number of amides is 2. The first-order chi connectivity index (χ1) is 16.4. The first-order valence-electron chi connectivity index (χ1n) is 12.0. The van der Waals surface area contributed by atoms with Crippen LogP contribution >= 0.6 is 11.6 Å². The fourth-order valence-electron chi connectivity index (χ4n) is 4.41. The number of halogens is 1. The number of hydrogen-bond acceptors (Lipinski definition) is 4. The summed E-state index contributed by atoms with van der Waals surface area (Å²) in [5.74, 6) is 1.09. The van der Waals surface area contributed by atoms with Gasteiger partial charge in [0.1, 0.15) is 6.04 Å². The van der Waals surface area contributed by atoms with Gasteiger partial charge in [-0.2, -0.15) is 0 Å². The van der Waals surface area contributed by atoms with Crippen molar-refractivity contribution in [3.05, 3.63) is 58.6 Å². The summed E-state index contributed by atoms with van der Waals surface area (Å²) in [4.78, 5) is 28.1. The van der Waals surface area contributed by atoms with Crippen molar-refractivity contribution in [2.45, 2.75) is 70.5 Å². The SMILES string of the molecule is COc1ccc(CCC(=O)N(Cc2cccc(Cl)c2)C(C)C(=O)NC2CCCCC2)cc1OC. The average Bonchev–Trinajstić information content (AvgIpc) is 2.85. The van der Waals surface area contributed by atoms with Gasteiger partial charge in [-0.05, 0) is 61.6 Å². The molecule has 1 aliphatic carbocycles.